The van der Waals surface area contributed by atoms with Crippen molar-refractivity contribution in [3.63, 3.8) is 0 Å². The second kappa shape index (κ2) is 16.1. The minimum Gasteiger partial charge on any atom is -0.493 e. The number of rotatable bonds is 11. The van der Waals surface area contributed by atoms with Crippen LogP contribution in [0.3, 0.4) is 0 Å². The molecule has 1 heterocycles. The molecule has 3 aromatic carbocycles. The summed E-state index contributed by atoms with van der Waals surface area (Å²) in [5.41, 5.74) is 3.34. The van der Waals surface area contributed by atoms with Crippen molar-refractivity contribution >= 4 is 57.6 Å². The number of nitriles is 1. The zero-order chi connectivity index (χ0) is 35.8. The first-order chi connectivity index (χ1) is 24.0. The molecule has 0 saturated heterocycles. The Morgan fingerprint density at radius 2 is 1.74 bits per heavy atom. The number of methoxy groups -OCH3 is 2. The molecule has 9 nitrogen and oxygen atoms in total. The van der Waals surface area contributed by atoms with Crippen LogP contribution in [0.4, 0.5) is 10.7 Å². The molecule has 11 heteroatoms. The van der Waals surface area contributed by atoms with Crippen molar-refractivity contribution in [1.29, 1.82) is 5.26 Å². The highest BCUT2D eigenvalue weighted by atomic mass is 32.2. The van der Waals surface area contributed by atoms with Gasteiger partial charge in [0, 0.05) is 21.0 Å². The summed E-state index contributed by atoms with van der Waals surface area (Å²) in [7, 11) is 3.05. The van der Waals surface area contributed by atoms with E-state index in [0.717, 1.165) is 29.7 Å². The van der Waals surface area contributed by atoms with E-state index < -0.39 is 11.8 Å². The van der Waals surface area contributed by atoms with Gasteiger partial charge in [0.15, 0.2) is 11.5 Å². The number of thiophene rings is 1. The molecule has 0 radical (unpaired) electrons. The average molecular weight is 709 g/mol. The molecule has 0 spiro atoms. The number of thioether (sulfide) groups is 1. The Hall–Kier alpha value is -5.05. The van der Waals surface area contributed by atoms with E-state index >= 15 is 0 Å². The second-order valence-electron chi connectivity index (χ2n) is 12.9. The van der Waals surface area contributed by atoms with Crippen molar-refractivity contribution in [3.05, 3.63) is 106 Å². The fraction of sp³-hybridized carbons (Fsp3) is 0.282. The predicted molar refractivity (Wildman–Crippen MR) is 200 cm³/mol. The molecule has 0 bridgehead atoms. The van der Waals surface area contributed by atoms with Gasteiger partial charge in [0.05, 0.1) is 25.5 Å². The third kappa shape index (κ3) is 8.94. The van der Waals surface area contributed by atoms with Gasteiger partial charge >= 0.3 is 0 Å². The van der Waals surface area contributed by atoms with E-state index in [1.54, 1.807) is 72.8 Å². The average Bonchev–Trinajstić information content (AvgIpc) is 3.46. The normalized spacial score (nSPS) is 14.2. The van der Waals surface area contributed by atoms with Crippen LogP contribution < -0.4 is 25.4 Å². The van der Waals surface area contributed by atoms with E-state index in [0.29, 0.717) is 44.8 Å². The molecule has 3 amide bonds. The van der Waals surface area contributed by atoms with Crippen LogP contribution in [0, 0.1) is 22.7 Å². The van der Waals surface area contributed by atoms with Gasteiger partial charge in [-0.15, -0.1) is 23.1 Å². The van der Waals surface area contributed by atoms with E-state index in [1.165, 1.54) is 42.2 Å². The zero-order valence-corrected chi connectivity index (χ0v) is 30.3. The first-order valence-electron chi connectivity index (χ1n) is 16.2. The van der Waals surface area contributed by atoms with E-state index in [-0.39, 0.29) is 22.8 Å². The number of hydrogen-bond acceptors (Lipinski definition) is 8. The van der Waals surface area contributed by atoms with E-state index in [4.69, 9.17) is 9.47 Å². The van der Waals surface area contributed by atoms with Crippen LogP contribution in [0.15, 0.2) is 83.4 Å². The largest absolute Gasteiger partial charge is 0.493 e. The zero-order valence-electron chi connectivity index (χ0n) is 28.7. The van der Waals surface area contributed by atoms with Crippen LogP contribution in [-0.2, 0) is 22.4 Å². The van der Waals surface area contributed by atoms with Crippen LogP contribution in [0.25, 0.3) is 6.08 Å². The summed E-state index contributed by atoms with van der Waals surface area (Å²) in [4.78, 5) is 41.7. The van der Waals surface area contributed by atoms with Gasteiger partial charge in [-0.1, -0.05) is 51.1 Å². The fourth-order valence-electron chi connectivity index (χ4n) is 5.76. The van der Waals surface area contributed by atoms with Crippen LogP contribution in [-0.4, -0.2) is 37.7 Å². The SMILES string of the molecule is COc1ccc(/C=C(/NC(=O)c2ccccc2)C(=O)Nc2cccc(SCC(=O)Nc3sc4c(c3C#N)CCC(C(C)(C)C)C4)c2)cc1OC. The second-order valence-corrected chi connectivity index (χ2v) is 15.1. The maximum atomic E-state index is 13.6. The van der Waals surface area contributed by atoms with Gasteiger partial charge in [0.1, 0.15) is 16.8 Å². The predicted octanol–water partition coefficient (Wildman–Crippen LogP) is 7.93. The number of benzene rings is 3. The van der Waals surface area contributed by atoms with Crippen LogP contribution >= 0.6 is 23.1 Å². The Morgan fingerprint density at radius 3 is 2.44 bits per heavy atom. The Labute approximate surface area is 301 Å². The summed E-state index contributed by atoms with van der Waals surface area (Å²) in [5.74, 6) is 0.460. The summed E-state index contributed by atoms with van der Waals surface area (Å²) in [6, 6.07) is 23.2. The molecular formula is C39H40N4O5S2. The summed E-state index contributed by atoms with van der Waals surface area (Å²) in [6.45, 7) is 6.75. The van der Waals surface area contributed by atoms with Gasteiger partial charge in [-0.25, -0.2) is 0 Å². The molecular weight excluding hydrogens is 669 g/mol. The topological polar surface area (TPSA) is 130 Å². The number of amides is 3. The molecule has 3 N–H and O–H groups in total. The lowest BCUT2D eigenvalue weighted by Crippen LogP contribution is -2.30. The maximum absolute atomic E-state index is 13.6. The monoisotopic (exact) mass is 708 g/mol. The third-order valence-corrected chi connectivity index (χ3v) is 10.7. The summed E-state index contributed by atoms with van der Waals surface area (Å²) < 4.78 is 10.7. The van der Waals surface area contributed by atoms with Gasteiger partial charge in [-0.2, -0.15) is 5.26 Å². The molecule has 1 atom stereocenters. The number of fused-ring (bicyclic) bond motifs is 1. The van der Waals surface area contributed by atoms with Gasteiger partial charge in [0.2, 0.25) is 5.91 Å². The molecule has 258 valence electrons. The number of ether oxygens (including phenoxy) is 2. The maximum Gasteiger partial charge on any atom is 0.272 e. The summed E-state index contributed by atoms with van der Waals surface area (Å²) in [6.07, 6.45) is 4.36. The first-order valence-corrected chi connectivity index (χ1v) is 18.0. The Kier molecular flexibility index (Phi) is 11.7. The number of nitrogens with one attached hydrogen (secondary N) is 3. The highest BCUT2D eigenvalue weighted by Crippen LogP contribution is 2.44. The van der Waals surface area contributed by atoms with Crippen molar-refractivity contribution < 1.29 is 23.9 Å². The highest BCUT2D eigenvalue weighted by molar-refractivity contribution is 8.00. The highest BCUT2D eigenvalue weighted by Gasteiger charge is 2.32. The minimum absolute atomic E-state index is 0.0178. The van der Waals surface area contributed by atoms with E-state index in [9.17, 15) is 19.6 Å². The lowest BCUT2D eigenvalue weighted by molar-refractivity contribution is -0.114. The number of carbonyl (C=O) groups excluding carboxylic acids is 3. The lowest BCUT2D eigenvalue weighted by atomic mass is 9.72. The Morgan fingerprint density at radius 1 is 0.980 bits per heavy atom. The van der Waals surface area contributed by atoms with Gasteiger partial charge in [-0.05, 0) is 90.3 Å². The number of nitrogens with zero attached hydrogens (tertiary/aromatic N) is 1. The quantitative estimate of drug-likeness (QED) is 0.107. The van der Waals surface area contributed by atoms with Crippen molar-refractivity contribution in [2.24, 2.45) is 11.3 Å². The molecule has 0 fully saturated rings. The van der Waals surface area contributed by atoms with Gasteiger partial charge < -0.3 is 25.4 Å². The molecule has 1 aromatic heterocycles. The molecule has 1 unspecified atom stereocenters. The van der Waals surface area contributed by atoms with Crippen molar-refractivity contribution in [2.75, 3.05) is 30.6 Å². The molecule has 1 aliphatic rings. The van der Waals surface area contributed by atoms with E-state index in [2.05, 4.69) is 42.8 Å². The summed E-state index contributed by atoms with van der Waals surface area (Å²) >= 11 is 2.83. The van der Waals surface area contributed by atoms with Gasteiger partial charge in [0.25, 0.3) is 11.8 Å². The van der Waals surface area contributed by atoms with Crippen molar-refractivity contribution in [3.8, 4) is 17.6 Å². The Bertz CT molecular complexity index is 1960. The smallest absolute Gasteiger partial charge is 0.272 e. The standard InChI is InChI=1S/C39H40N4O5S2/c1-39(2,3)26-15-16-29-30(22-40)38(50-34(29)20-26)43-35(44)23-49-28-13-9-12-27(21-28)41-37(46)31(42-36(45)25-10-7-6-8-11-25)18-24-14-17-32(47-4)33(19-24)48-5/h6-14,17-19,21,26H,15-16,20,23H2,1-5H3,(H,41,46)(H,42,45)(H,43,44)/b31-18+. The summed E-state index contributed by atoms with van der Waals surface area (Å²) in [5, 5.41) is 19.1. The lowest BCUT2D eigenvalue weighted by Gasteiger charge is -2.33. The van der Waals surface area contributed by atoms with Crippen LogP contribution in [0.5, 0.6) is 11.5 Å². The molecule has 50 heavy (non-hydrogen) atoms. The number of carbonyl (C=O) groups is 3. The molecule has 0 saturated carbocycles. The first kappa shape index (κ1) is 36.2. The minimum atomic E-state index is -0.539. The number of hydrogen-bond donors (Lipinski definition) is 3. The number of anilines is 2. The van der Waals surface area contributed by atoms with Gasteiger partial charge in [-0.3, -0.25) is 14.4 Å². The molecule has 0 aliphatic heterocycles. The van der Waals surface area contributed by atoms with Crippen molar-refractivity contribution in [1.82, 2.24) is 5.32 Å². The van der Waals surface area contributed by atoms with Crippen LogP contribution in [0.2, 0.25) is 0 Å². The fourth-order valence-corrected chi connectivity index (χ4v) is 7.81. The molecule has 4 aromatic rings. The molecule has 5 rings (SSSR count). The van der Waals surface area contributed by atoms with Crippen molar-refractivity contribution in [2.45, 2.75) is 44.9 Å². The van der Waals surface area contributed by atoms with E-state index in [1.807, 2.05) is 6.07 Å². The molecule has 1 aliphatic carbocycles. The third-order valence-electron chi connectivity index (χ3n) is 8.56. The Balaban J connectivity index is 1.27. The van der Waals surface area contributed by atoms with Crippen LogP contribution in [0.1, 0.15) is 59.1 Å².